The number of carbonyl (C=O) groups is 2. The number of hydrogen-bond acceptors (Lipinski definition) is 6. The van der Waals surface area contributed by atoms with E-state index in [1.54, 1.807) is 48.6 Å². The molecule has 33 heavy (non-hydrogen) atoms. The van der Waals surface area contributed by atoms with Crippen LogP contribution in [0.2, 0.25) is 0 Å². The van der Waals surface area contributed by atoms with E-state index in [1.807, 2.05) is 41.8 Å². The quantitative estimate of drug-likeness (QED) is 0.217. The highest BCUT2D eigenvalue weighted by molar-refractivity contribution is 7.80. The van der Waals surface area contributed by atoms with Gasteiger partial charge >= 0.3 is 5.97 Å². The van der Waals surface area contributed by atoms with Crippen molar-refractivity contribution in [1.82, 2.24) is 15.8 Å². The summed E-state index contributed by atoms with van der Waals surface area (Å²) in [6, 6.07) is 19.8. The number of carbonyl (C=O) groups excluding carboxylic acids is 2. The highest BCUT2D eigenvalue weighted by Gasteiger charge is 2.15. The average molecular weight is 477 g/mol. The third-order valence-corrected chi connectivity index (χ3v) is 5.77. The van der Waals surface area contributed by atoms with Gasteiger partial charge in [0.05, 0.1) is 33.8 Å². The zero-order chi connectivity index (χ0) is 23.2. The van der Waals surface area contributed by atoms with Crippen molar-refractivity contribution in [3.05, 3.63) is 83.2 Å². The van der Waals surface area contributed by atoms with E-state index < -0.39 is 0 Å². The maximum atomic E-state index is 13.0. The van der Waals surface area contributed by atoms with E-state index in [0.717, 1.165) is 21.5 Å². The van der Waals surface area contributed by atoms with Crippen LogP contribution >= 0.6 is 23.6 Å². The Labute approximate surface area is 199 Å². The van der Waals surface area contributed by atoms with Crippen LogP contribution in [0.1, 0.15) is 27.6 Å². The molecular weight excluding hydrogens is 456 g/mol. The number of pyridine rings is 1. The molecule has 3 N–H and O–H groups in total. The molecular formula is C24H20N4O3S2. The van der Waals surface area contributed by atoms with Crippen LogP contribution in [0.25, 0.3) is 21.5 Å². The van der Waals surface area contributed by atoms with E-state index in [4.69, 9.17) is 17.0 Å². The Bertz CT molecular complexity index is 1310. The van der Waals surface area contributed by atoms with Crippen molar-refractivity contribution in [3.63, 3.8) is 0 Å². The van der Waals surface area contributed by atoms with Crippen LogP contribution in [-0.2, 0) is 4.74 Å². The number of nitrogens with zero attached hydrogens (tertiary/aromatic N) is 1. The van der Waals surface area contributed by atoms with E-state index in [0.29, 0.717) is 23.4 Å². The van der Waals surface area contributed by atoms with Gasteiger partial charge in [-0.3, -0.25) is 15.6 Å². The fraction of sp³-hybridized carbons (Fsp3) is 0.0833. The Kier molecular flexibility index (Phi) is 6.92. The van der Waals surface area contributed by atoms with Crippen molar-refractivity contribution < 1.29 is 14.3 Å². The van der Waals surface area contributed by atoms with E-state index in [2.05, 4.69) is 21.2 Å². The van der Waals surface area contributed by atoms with Crippen molar-refractivity contribution in [3.8, 4) is 10.6 Å². The van der Waals surface area contributed by atoms with Gasteiger partial charge in [0.15, 0.2) is 5.11 Å². The lowest BCUT2D eigenvalue weighted by atomic mass is 10.1. The van der Waals surface area contributed by atoms with Gasteiger partial charge in [0.1, 0.15) is 0 Å². The second-order valence-electron chi connectivity index (χ2n) is 6.88. The molecule has 166 valence electrons. The Morgan fingerprint density at radius 2 is 1.82 bits per heavy atom. The largest absolute Gasteiger partial charge is 0.462 e. The van der Waals surface area contributed by atoms with E-state index in [9.17, 15) is 9.59 Å². The Morgan fingerprint density at radius 1 is 1.03 bits per heavy atom. The van der Waals surface area contributed by atoms with Crippen molar-refractivity contribution >= 4 is 57.1 Å². The van der Waals surface area contributed by atoms with Gasteiger partial charge in [0.2, 0.25) is 0 Å². The van der Waals surface area contributed by atoms with Crippen LogP contribution in [0.15, 0.2) is 72.1 Å². The van der Waals surface area contributed by atoms with Gasteiger partial charge in [-0.25, -0.2) is 9.78 Å². The number of hydrogen-bond donors (Lipinski definition) is 3. The predicted octanol–water partition coefficient (Wildman–Crippen LogP) is 4.77. The van der Waals surface area contributed by atoms with E-state index >= 15 is 0 Å². The highest BCUT2D eigenvalue weighted by atomic mass is 32.1. The lowest BCUT2D eigenvalue weighted by molar-refractivity contribution is 0.0526. The molecule has 1 amide bonds. The number of aromatic nitrogens is 1. The number of anilines is 1. The van der Waals surface area contributed by atoms with Crippen molar-refractivity contribution in [1.29, 1.82) is 0 Å². The molecule has 7 nitrogen and oxygen atoms in total. The highest BCUT2D eigenvalue weighted by Crippen LogP contribution is 2.27. The minimum atomic E-state index is -0.386. The number of thiocarbonyl (C=S) groups is 1. The van der Waals surface area contributed by atoms with Crippen LogP contribution in [0.4, 0.5) is 5.69 Å². The summed E-state index contributed by atoms with van der Waals surface area (Å²) in [7, 11) is 0. The van der Waals surface area contributed by atoms with Gasteiger partial charge < -0.3 is 10.1 Å². The van der Waals surface area contributed by atoms with Crippen LogP contribution < -0.4 is 16.2 Å². The smallest absolute Gasteiger partial charge is 0.338 e. The van der Waals surface area contributed by atoms with Crippen LogP contribution in [0, 0.1) is 0 Å². The molecule has 4 rings (SSSR count). The zero-order valence-corrected chi connectivity index (χ0v) is 19.3. The molecule has 2 aromatic heterocycles. The maximum Gasteiger partial charge on any atom is 0.338 e. The summed E-state index contributed by atoms with van der Waals surface area (Å²) >= 11 is 6.84. The summed E-state index contributed by atoms with van der Waals surface area (Å²) < 4.78 is 4.97. The molecule has 0 aliphatic rings. The zero-order valence-electron chi connectivity index (χ0n) is 17.6. The molecule has 0 unspecified atom stereocenters. The number of amides is 1. The normalized spacial score (nSPS) is 10.5. The standard InChI is InChI=1S/C24H20N4O3S2/c1-2-31-23(30)15-9-11-16(12-10-15)25-24(32)28-27-22(29)18-14-20(21-8-5-13-33-21)26-19-7-4-3-6-17(18)19/h3-14H,2H2,1H3,(H,27,29)(H2,25,28,32). The second kappa shape index (κ2) is 10.2. The fourth-order valence-electron chi connectivity index (χ4n) is 3.16. The first-order valence-corrected chi connectivity index (χ1v) is 11.4. The van der Waals surface area contributed by atoms with Gasteiger partial charge in [0, 0.05) is 11.1 Å². The lowest BCUT2D eigenvalue weighted by Gasteiger charge is -2.13. The summed E-state index contributed by atoms with van der Waals surface area (Å²) in [4.78, 5) is 30.4. The Hall–Kier alpha value is -3.82. The number of fused-ring (bicyclic) bond motifs is 1. The van der Waals surface area contributed by atoms with Gasteiger partial charge in [0.25, 0.3) is 5.91 Å². The maximum absolute atomic E-state index is 13.0. The molecule has 0 spiro atoms. The summed E-state index contributed by atoms with van der Waals surface area (Å²) in [6.07, 6.45) is 0. The van der Waals surface area contributed by atoms with Gasteiger partial charge in [-0.1, -0.05) is 24.3 Å². The number of thiophene rings is 1. The Morgan fingerprint density at radius 3 is 2.55 bits per heavy atom. The van der Waals surface area contributed by atoms with Crippen LogP contribution in [0.5, 0.6) is 0 Å². The van der Waals surface area contributed by atoms with Gasteiger partial charge in [-0.2, -0.15) is 0 Å². The first-order valence-electron chi connectivity index (χ1n) is 10.1. The first kappa shape index (κ1) is 22.4. The average Bonchev–Trinajstić information content (AvgIpc) is 3.37. The van der Waals surface area contributed by atoms with Crippen molar-refractivity contribution in [2.24, 2.45) is 0 Å². The van der Waals surface area contributed by atoms with E-state index in [-0.39, 0.29) is 17.0 Å². The Balaban J connectivity index is 1.44. The number of rotatable bonds is 5. The molecule has 2 aromatic carbocycles. The number of benzene rings is 2. The van der Waals surface area contributed by atoms with Gasteiger partial charge in [-0.15, -0.1) is 11.3 Å². The lowest BCUT2D eigenvalue weighted by Crippen LogP contribution is -2.43. The molecule has 4 aromatic rings. The number of esters is 1. The molecule has 0 saturated carbocycles. The molecule has 0 fully saturated rings. The van der Waals surface area contributed by atoms with Crippen molar-refractivity contribution in [2.75, 3.05) is 11.9 Å². The van der Waals surface area contributed by atoms with Crippen LogP contribution in [0.3, 0.4) is 0 Å². The summed E-state index contributed by atoms with van der Waals surface area (Å²) in [5, 5.41) is 5.87. The van der Waals surface area contributed by atoms with E-state index in [1.165, 1.54) is 0 Å². The SMILES string of the molecule is CCOC(=O)c1ccc(NC(=S)NNC(=O)c2cc(-c3cccs3)nc3ccccc23)cc1. The minimum Gasteiger partial charge on any atom is -0.462 e. The molecule has 0 aliphatic carbocycles. The molecule has 2 heterocycles. The first-order chi connectivity index (χ1) is 16.0. The summed E-state index contributed by atoms with van der Waals surface area (Å²) in [5.41, 5.74) is 8.41. The molecule has 0 bridgehead atoms. The third kappa shape index (κ3) is 5.33. The number of ether oxygens (including phenoxy) is 1. The molecule has 0 saturated heterocycles. The second-order valence-corrected chi connectivity index (χ2v) is 8.24. The van der Waals surface area contributed by atoms with Gasteiger partial charge in [-0.05, 0) is 67.0 Å². The summed E-state index contributed by atoms with van der Waals surface area (Å²) in [5.74, 6) is -0.725. The third-order valence-electron chi connectivity index (χ3n) is 4.68. The number of nitrogens with one attached hydrogen (secondary N) is 3. The molecule has 0 atom stereocenters. The number of para-hydroxylation sites is 1. The fourth-order valence-corrected chi connectivity index (χ4v) is 4.02. The molecule has 0 radical (unpaired) electrons. The number of hydrazine groups is 1. The molecule has 0 aliphatic heterocycles. The predicted molar refractivity (Wildman–Crippen MR) is 134 cm³/mol. The minimum absolute atomic E-state index is 0.198. The van der Waals surface area contributed by atoms with Crippen molar-refractivity contribution in [2.45, 2.75) is 6.92 Å². The monoisotopic (exact) mass is 476 g/mol. The summed E-state index contributed by atoms with van der Waals surface area (Å²) in [6.45, 7) is 2.07. The van der Waals surface area contributed by atoms with Crippen LogP contribution in [-0.4, -0.2) is 28.6 Å². The topological polar surface area (TPSA) is 92.4 Å². The molecule has 9 heteroatoms.